The first kappa shape index (κ1) is 22.3. The molecule has 3 aliphatic rings. The predicted octanol–water partition coefficient (Wildman–Crippen LogP) is 1.44. The molecule has 34 heavy (non-hydrogen) atoms. The van der Waals surface area contributed by atoms with Gasteiger partial charge in [-0.2, -0.15) is 5.10 Å². The molecule has 4 heterocycles. The summed E-state index contributed by atoms with van der Waals surface area (Å²) in [6.07, 6.45) is 2.29. The second-order valence-corrected chi connectivity index (χ2v) is 9.10. The predicted molar refractivity (Wildman–Crippen MR) is 123 cm³/mol. The van der Waals surface area contributed by atoms with Crippen LogP contribution < -0.4 is 16.0 Å². The number of benzene rings is 1. The number of hydrogen-bond donors (Lipinski definition) is 3. The van der Waals surface area contributed by atoms with E-state index < -0.39 is 29.7 Å². The minimum Gasteiger partial charge on any atom is -0.380 e. The summed E-state index contributed by atoms with van der Waals surface area (Å²) in [6.45, 7) is 6.46. The van der Waals surface area contributed by atoms with Crippen LogP contribution in [0.5, 0.6) is 0 Å². The fourth-order valence-corrected chi connectivity index (χ4v) is 5.21. The van der Waals surface area contributed by atoms with Crippen molar-refractivity contribution in [3.63, 3.8) is 0 Å². The van der Waals surface area contributed by atoms with E-state index in [1.165, 1.54) is 0 Å². The Balaban J connectivity index is 1.38. The van der Waals surface area contributed by atoms with Gasteiger partial charge in [0.1, 0.15) is 6.04 Å². The van der Waals surface area contributed by atoms with E-state index in [0.29, 0.717) is 18.3 Å². The summed E-state index contributed by atoms with van der Waals surface area (Å²) in [5.74, 6) is -2.03. The third kappa shape index (κ3) is 3.67. The molecule has 178 valence electrons. The van der Waals surface area contributed by atoms with Crippen molar-refractivity contribution in [2.75, 3.05) is 18.4 Å². The van der Waals surface area contributed by atoms with Gasteiger partial charge in [-0.1, -0.05) is 6.07 Å². The standard InChI is InChI=1S/C24H28N6O4/c1-13-17(14(2)30(28-13)15-8-10-25-11-9-15)12-26-18-5-3-4-16-21(18)24(34)29(23(16)33)19-6-7-20(31)27-22(19)32/h3-5,15,19,25-26H,6-12H2,1-2H3,(H,27,31,32). The number of carbonyl (C=O) groups is 4. The van der Waals surface area contributed by atoms with Gasteiger partial charge >= 0.3 is 0 Å². The molecule has 10 heteroatoms. The van der Waals surface area contributed by atoms with Crippen LogP contribution in [0.15, 0.2) is 18.2 Å². The van der Waals surface area contributed by atoms with E-state index in [1.807, 2.05) is 6.92 Å². The Hall–Kier alpha value is -3.53. The van der Waals surface area contributed by atoms with Crippen molar-refractivity contribution in [2.45, 2.75) is 58.2 Å². The van der Waals surface area contributed by atoms with Gasteiger partial charge < -0.3 is 10.6 Å². The van der Waals surface area contributed by atoms with Gasteiger partial charge in [0.2, 0.25) is 11.8 Å². The van der Waals surface area contributed by atoms with Crippen molar-refractivity contribution in [2.24, 2.45) is 0 Å². The first-order valence-electron chi connectivity index (χ1n) is 11.7. The van der Waals surface area contributed by atoms with E-state index in [2.05, 4.69) is 27.6 Å². The average molecular weight is 465 g/mol. The molecule has 10 nitrogen and oxygen atoms in total. The Kier molecular flexibility index (Phi) is 5.68. The Bertz CT molecular complexity index is 1200. The molecule has 4 amide bonds. The SMILES string of the molecule is Cc1nn(C2CCNCC2)c(C)c1CNc1cccc2c1C(=O)N(C1CCC(=O)NC1=O)C2=O. The van der Waals surface area contributed by atoms with Crippen LogP contribution in [0.3, 0.4) is 0 Å². The molecule has 1 unspecified atom stereocenters. The monoisotopic (exact) mass is 464 g/mol. The van der Waals surface area contributed by atoms with Crippen LogP contribution in [-0.4, -0.2) is 57.4 Å². The Labute approximate surface area is 197 Å². The number of piperidine rings is 2. The van der Waals surface area contributed by atoms with Gasteiger partial charge in [0.15, 0.2) is 0 Å². The lowest BCUT2D eigenvalue weighted by atomic mass is 10.0. The van der Waals surface area contributed by atoms with Gasteiger partial charge in [0, 0.05) is 29.9 Å². The molecule has 3 N–H and O–H groups in total. The number of amides is 4. The molecule has 3 aliphatic heterocycles. The van der Waals surface area contributed by atoms with Crippen LogP contribution in [0.25, 0.3) is 0 Å². The molecule has 0 aliphatic carbocycles. The van der Waals surface area contributed by atoms with Gasteiger partial charge in [-0.3, -0.25) is 34.1 Å². The molecule has 2 saturated heterocycles. The highest BCUT2D eigenvalue weighted by atomic mass is 16.2. The quantitative estimate of drug-likeness (QED) is 0.572. The lowest BCUT2D eigenvalue weighted by molar-refractivity contribution is -0.136. The van der Waals surface area contributed by atoms with Crippen LogP contribution in [0.1, 0.15) is 69.4 Å². The van der Waals surface area contributed by atoms with E-state index in [-0.39, 0.29) is 24.0 Å². The van der Waals surface area contributed by atoms with E-state index >= 15 is 0 Å². The summed E-state index contributed by atoms with van der Waals surface area (Å²) in [4.78, 5) is 51.2. The summed E-state index contributed by atoms with van der Waals surface area (Å²) in [6, 6.07) is 4.47. The minimum absolute atomic E-state index is 0.0918. The first-order chi connectivity index (χ1) is 16.4. The summed E-state index contributed by atoms with van der Waals surface area (Å²) in [5, 5.41) is 13.7. The Morgan fingerprint density at radius 2 is 1.82 bits per heavy atom. The number of nitrogens with one attached hydrogen (secondary N) is 3. The third-order valence-corrected chi connectivity index (χ3v) is 7.05. The number of anilines is 1. The summed E-state index contributed by atoms with van der Waals surface area (Å²) >= 11 is 0. The van der Waals surface area contributed by atoms with Crippen molar-refractivity contribution in [3.8, 4) is 0 Å². The molecule has 2 fully saturated rings. The highest BCUT2D eigenvalue weighted by Crippen LogP contribution is 2.33. The van der Waals surface area contributed by atoms with E-state index in [0.717, 1.165) is 47.8 Å². The maximum Gasteiger partial charge on any atom is 0.264 e. The summed E-state index contributed by atoms with van der Waals surface area (Å²) in [7, 11) is 0. The maximum atomic E-state index is 13.3. The maximum absolute atomic E-state index is 13.3. The Morgan fingerprint density at radius 3 is 2.56 bits per heavy atom. The van der Waals surface area contributed by atoms with E-state index in [9.17, 15) is 19.2 Å². The van der Waals surface area contributed by atoms with Crippen LogP contribution in [0.4, 0.5) is 5.69 Å². The summed E-state index contributed by atoms with van der Waals surface area (Å²) < 4.78 is 2.11. The molecular formula is C24H28N6O4. The van der Waals surface area contributed by atoms with Crippen LogP contribution >= 0.6 is 0 Å². The van der Waals surface area contributed by atoms with Crippen molar-refractivity contribution in [3.05, 3.63) is 46.3 Å². The van der Waals surface area contributed by atoms with Crippen LogP contribution in [-0.2, 0) is 16.1 Å². The second-order valence-electron chi connectivity index (χ2n) is 9.10. The van der Waals surface area contributed by atoms with Crippen molar-refractivity contribution in [1.82, 2.24) is 25.3 Å². The Morgan fingerprint density at radius 1 is 1.06 bits per heavy atom. The molecule has 0 radical (unpaired) electrons. The van der Waals surface area contributed by atoms with Crippen molar-refractivity contribution >= 4 is 29.3 Å². The summed E-state index contributed by atoms with van der Waals surface area (Å²) in [5.41, 5.74) is 4.16. The number of aromatic nitrogens is 2. The largest absolute Gasteiger partial charge is 0.380 e. The van der Waals surface area contributed by atoms with Crippen molar-refractivity contribution < 1.29 is 19.2 Å². The lowest BCUT2D eigenvalue weighted by Gasteiger charge is -2.27. The molecule has 1 atom stereocenters. The highest BCUT2D eigenvalue weighted by molar-refractivity contribution is 6.25. The fourth-order valence-electron chi connectivity index (χ4n) is 5.21. The van der Waals surface area contributed by atoms with Crippen LogP contribution in [0, 0.1) is 13.8 Å². The normalized spacial score (nSPS) is 21.1. The van der Waals surface area contributed by atoms with Gasteiger partial charge in [-0.05, 0) is 58.3 Å². The second kappa shape index (κ2) is 8.68. The molecule has 5 rings (SSSR count). The molecular weight excluding hydrogens is 436 g/mol. The van der Waals surface area contributed by atoms with Crippen LogP contribution in [0.2, 0.25) is 0 Å². The average Bonchev–Trinajstić information content (AvgIpc) is 3.26. The van der Waals surface area contributed by atoms with E-state index in [4.69, 9.17) is 5.10 Å². The molecule has 2 aromatic rings. The van der Waals surface area contributed by atoms with Crippen molar-refractivity contribution in [1.29, 1.82) is 0 Å². The molecule has 0 spiro atoms. The molecule has 0 saturated carbocycles. The number of imide groups is 2. The number of hydrogen-bond acceptors (Lipinski definition) is 7. The number of nitrogens with zero attached hydrogens (tertiary/aromatic N) is 3. The van der Waals surface area contributed by atoms with Gasteiger partial charge in [-0.25, -0.2) is 0 Å². The topological polar surface area (TPSA) is 125 Å². The third-order valence-electron chi connectivity index (χ3n) is 7.05. The zero-order valence-electron chi connectivity index (χ0n) is 19.3. The number of fused-ring (bicyclic) bond motifs is 1. The number of rotatable bonds is 5. The van der Waals surface area contributed by atoms with Gasteiger partial charge in [-0.15, -0.1) is 0 Å². The highest BCUT2D eigenvalue weighted by Gasteiger charge is 2.45. The smallest absolute Gasteiger partial charge is 0.264 e. The van der Waals surface area contributed by atoms with Gasteiger partial charge in [0.05, 0.1) is 22.9 Å². The number of aryl methyl sites for hydroxylation is 1. The molecule has 1 aromatic heterocycles. The zero-order chi connectivity index (χ0) is 24.0. The fraction of sp³-hybridized carbons (Fsp3) is 0.458. The minimum atomic E-state index is -0.981. The van der Waals surface area contributed by atoms with Gasteiger partial charge in [0.25, 0.3) is 11.8 Å². The number of carbonyl (C=O) groups excluding carboxylic acids is 4. The van der Waals surface area contributed by atoms with E-state index in [1.54, 1.807) is 18.2 Å². The molecule has 1 aromatic carbocycles. The first-order valence-corrected chi connectivity index (χ1v) is 11.7. The lowest BCUT2D eigenvalue weighted by Crippen LogP contribution is -2.54. The molecule has 0 bridgehead atoms. The zero-order valence-corrected chi connectivity index (χ0v) is 19.3.